The Labute approximate surface area is 112 Å². The number of rotatable bonds is 3. The van der Waals surface area contributed by atoms with E-state index in [2.05, 4.69) is 17.3 Å². The van der Waals surface area contributed by atoms with E-state index in [1.165, 1.54) is 0 Å². The van der Waals surface area contributed by atoms with Crippen molar-refractivity contribution in [3.8, 4) is 11.5 Å². The third kappa shape index (κ3) is 2.66. The van der Waals surface area contributed by atoms with E-state index >= 15 is 0 Å². The zero-order valence-corrected chi connectivity index (χ0v) is 11.0. The maximum Gasteiger partial charge on any atom is 0.251 e. The standard InChI is InChI=1S/C14H18N2O3/c1-16-5-4-10(8-16)7-15-14(17)11-2-3-12-13(6-11)19-9-18-12/h2-3,6,10H,4-5,7-9H2,1H3,(H,15,17). The molecule has 1 atom stereocenters. The summed E-state index contributed by atoms with van der Waals surface area (Å²) in [6.45, 7) is 3.14. The van der Waals surface area contributed by atoms with Gasteiger partial charge in [-0.25, -0.2) is 0 Å². The molecular formula is C14H18N2O3. The predicted octanol–water partition coefficient (Wildman–Crippen LogP) is 1.10. The highest BCUT2D eigenvalue weighted by Gasteiger charge is 2.21. The number of fused-ring (bicyclic) bond motifs is 1. The number of hydrogen-bond donors (Lipinski definition) is 1. The number of likely N-dealkylation sites (tertiary alicyclic amines) is 1. The second-order valence-electron chi connectivity index (χ2n) is 5.20. The van der Waals surface area contributed by atoms with Gasteiger partial charge in [0, 0.05) is 18.7 Å². The number of carbonyl (C=O) groups is 1. The molecule has 3 rings (SSSR count). The molecule has 19 heavy (non-hydrogen) atoms. The lowest BCUT2D eigenvalue weighted by Crippen LogP contribution is -2.30. The normalized spacial score (nSPS) is 21.6. The summed E-state index contributed by atoms with van der Waals surface area (Å²) in [5.74, 6) is 1.86. The first-order valence-electron chi connectivity index (χ1n) is 6.59. The predicted molar refractivity (Wildman–Crippen MR) is 70.5 cm³/mol. The van der Waals surface area contributed by atoms with Crippen LogP contribution in [0.3, 0.4) is 0 Å². The van der Waals surface area contributed by atoms with Crippen molar-refractivity contribution in [3.63, 3.8) is 0 Å². The molecule has 0 bridgehead atoms. The van der Waals surface area contributed by atoms with Gasteiger partial charge in [0.05, 0.1) is 0 Å². The average molecular weight is 262 g/mol. The molecule has 2 aliphatic heterocycles. The van der Waals surface area contributed by atoms with Crippen LogP contribution in [0.4, 0.5) is 0 Å². The summed E-state index contributed by atoms with van der Waals surface area (Å²) in [5, 5.41) is 2.99. The first-order valence-corrected chi connectivity index (χ1v) is 6.59. The van der Waals surface area contributed by atoms with Crippen molar-refractivity contribution < 1.29 is 14.3 Å². The Morgan fingerprint density at radius 2 is 2.26 bits per heavy atom. The average Bonchev–Trinajstić information content (AvgIpc) is 3.03. The Morgan fingerprint density at radius 3 is 3.05 bits per heavy atom. The SMILES string of the molecule is CN1CCC(CNC(=O)c2ccc3c(c2)OCO3)C1. The van der Waals surface area contributed by atoms with Gasteiger partial charge in [0.1, 0.15) is 0 Å². The largest absolute Gasteiger partial charge is 0.454 e. The highest BCUT2D eigenvalue weighted by Crippen LogP contribution is 2.32. The molecule has 5 heteroatoms. The van der Waals surface area contributed by atoms with Crippen LogP contribution in [0.25, 0.3) is 0 Å². The second-order valence-corrected chi connectivity index (χ2v) is 5.20. The van der Waals surface area contributed by atoms with E-state index in [1.54, 1.807) is 18.2 Å². The van der Waals surface area contributed by atoms with Crippen LogP contribution in [0.1, 0.15) is 16.8 Å². The van der Waals surface area contributed by atoms with Crippen LogP contribution >= 0.6 is 0 Å². The summed E-state index contributed by atoms with van der Waals surface area (Å²) in [4.78, 5) is 14.4. The monoisotopic (exact) mass is 262 g/mol. The molecule has 1 fully saturated rings. The molecule has 5 nitrogen and oxygen atoms in total. The lowest BCUT2D eigenvalue weighted by molar-refractivity contribution is 0.0947. The summed E-state index contributed by atoms with van der Waals surface area (Å²) >= 11 is 0. The van der Waals surface area contributed by atoms with E-state index in [4.69, 9.17) is 9.47 Å². The summed E-state index contributed by atoms with van der Waals surface area (Å²) in [6.07, 6.45) is 1.15. The Morgan fingerprint density at radius 1 is 1.42 bits per heavy atom. The van der Waals surface area contributed by atoms with Crippen LogP contribution in [0, 0.1) is 5.92 Å². The molecule has 2 aliphatic rings. The fourth-order valence-corrected chi connectivity index (χ4v) is 2.57. The lowest BCUT2D eigenvalue weighted by atomic mass is 10.1. The summed E-state index contributed by atoms with van der Waals surface area (Å²) < 4.78 is 10.5. The van der Waals surface area contributed by atoms with Crippen molar-refractivity contribution in [2.45, 2.75) is 6.42 Å². The molecule has 1 aromatic carbocycles. The van der Waals surface area contributed by atoms with Gasteiger partial charge in [0.15, 0.2) is 11.5 Å². The van der Waals surface area contributed by atoms with Gasteiger partial charge in [0.25, 0.3) is 5.91 Å². The topological polar surface area (TPSA) is 50.8 Å². The molecule has 0 aromatic heterocycles. The van der Waals surface area contributed by atoms with Crippen molar-refractivity contribution in [1.29, 1.82) is 0 Å². The number of nitrogens with one attached hydrogen (secondary N) is 1. The Balaban J connectivity index is 1.58. The Hall–Kier alpha value is -1.75. The van der Waals surface area contributed by atoms with E-state index in [1.807, 2.05) is 0 Å². The van der Waals surface area contributed by atoms with E-state index in [0.29, 0.717) is 23.0 Å². The zero-order chi connectivity index (χ0) is 13.2. The minimum atomic E-state index is -0.0483. The molecular weight excluding hydrogens is 244 g/mol. The van der Waals surface area contributed by atoms with Crippen molar-refractivity contribution in [2.24, 2.45) is 5.92 Å². The molecule has 1 amide bonds. The van der Waals surface area contributed by atoms with Gasteiger partial charge in [-0.2, -0.15) is 0 Å². The molecule has 1 unspecified atom stereocenters. The third-order valence-corrected chi connectivity index (χ3v) is 3.67. The molecule has 2 heterocycles. The summed E-state index contributed by atoms with van der Waals surface area (Å²) in [5.41, 5.74) is 0.621. The van der Waals surface area contributed by atoms with Gasteiger partial charge in [-0.1, -0.05) is 0 Å². The van der Waals surface area contributed by atoms with Gasteiger partial charge in [0.2, 0.25) is 6.79 Å². The van der Waals surface area contributed by atoms with E-state index in [9.17, 15) is 4.79 Å². The van der Waals surface area contributed by atoms with Gasteiger partial charge < -0.3 is 19.7 Å². The van der Waals surface area contributed by atoms with E-state index in [0.717, 1.165) is 26.1 Å². The molecule has 1 N–H and O–H groups in total. The number of carbonyl (C=O) groups excluding carboxylic acids is 1. The summed E-state index contributed by atoms with van der Waals surface area (Å²) in [6, 6.07) is 5.28. The van der Waals surface area contributed by atoms with Crippen LogP contribution in [-0.2, 0) is 0 Å². The first-order chi connectivity index (χ1) is 9.22. The Kier molecular flexibility index (Phi) is 3.29. The molecule has 102 valence electrons. The van der Waals surface area contributed by atoms with Crippen LogP contribution in [0.5, 0.6) is 11.5 Å². The second kappa shape index (κ2) is 5.09. The number of benzene rings is 1. The van der Waals surface area contributed by atoms with Crippen LogP contribution in [0.2, 0.25) is 0 Å². The van der Waals surface area contributed by atoms with Crippen LogP contribution in [0.15, 0.2) is 18.2 Å². The van der Waals surface area contributed by atoms with Gasteiger partial charge in [-0.3, -0.25) is 4.79 Å². The molecule has 1 saturated heterocycles. The van der Waals surface area contributed by atoms with Gasteiger partial charge in [-0.15, -0.1) is 0 Å². The minimum absolute atomic E-state index is 0.0483. The van der Waals surface area contributed by atoms with Gasteiger partial charge >= 0.3 is 0 Å². The third-order valence-electron chi connectivity index (χ3n) is 3.67. The molecule has 0 aliphatic carbocycles. The van der Waals surface area contributed by atoms with E-state index < -0.39 is 0 Å². The smallest absolute Gasteiger partial charge is 0.251 e. The first kappa shape index (κ1) is 12.3. The van der Waals surface area contributed by atoms with Crippen molar-refractivity contribution >= 4 is 5.91 Å². The fourth-order valence-electron chi connectivity index (χ4n) is 2.57. The number of amides is 1. The van der Waals surface area contributed by atoms with E-state index in [-0.39, 0.29) is 12.7 Å². The molecule has 0 radical (unpaired) electrons. The maximum absolute atomic E-state index is 12.1. The van der Waals surface area contributed by atoms with Crippen molar-refractivity contribution in [3.05, 3.63) is 23.8 Å². The zero-order valence-electron chi connectivity index (χ0n) is 11.0. The fraction of sp³-hybridized carbons (Fsp3) is 0.500. The van der Waals surface area contributed by atoms with Crippen molar-refractivity contribution in [2.75, 3.05) is 33.5 Å². The molecule has 0 saturated carbocycles. The number of hydrogen-bond acceptors (Lipinski definition) is 4. The van der Waals surface area contributed by atoms with Crippen LogP contribution in [-0.4, -0.2) is 44.3 Å². The lowest BCUT2D eigenvalue weighted by Gasteiger charge is -2.11. The minimum Gasteiger partial charge on any atom is -0.454 e. The van der Waals surface area contributed by atoms with Crippen molar-refractivity contribution in [1.82, 2.24) is 10.2 Å². The quantitative estimate of drug-likeness (QED) is 0.886. The van der Waals surface area contributed by atoms with Crippen LogP contribution < -0.4 is 14.8 Å². The number of nitrogens with zero attached hydrogens (tertiary/aromatic N) is 1. The highest BCUT2D eigenvalue weighted by molar-refractivity contribution is 5.94. The number of ether oxygens (including phenoxy) is 2. The summed E-state index contributed by atoms with van der Waals surface area (Å²) in [7, 11) is 2.11. The Bertz CT molecular complexity index is 490. The highest BCUT2D eigenvalue weighted by atomic mass is 16.7. The molecule has 1 aromatic rings. The maximum atomic E-state index is 12.1. The van der Waals surface area contributed by atoms with Gasteiger partial charge in [-0.05, 0) is 44.1 Å². The molecule has 0 spiro atoms.